The quantitative estimate of drug-likeness (QED) is 0.175. The van der Waals surface area contributed by atoms with Gasteiger partial charge in [-0.15, -0.1) is 11.3 Å². The van der Waals surface area contributed by atoms with E-state index in [0.29, 0.717) is 5.89 Å². The molecule has 3 nitrogen and oxygen atoms in total. The van der Waals surface area contributed by atoms with Crippen LogP contribution in [0.25, 0.3) is 75.4 Å². The lowest BCUT2D eigenvalue weighted by Crippen LogP contribution is -2.11. The average Bonchev–Trinajstić information content (AvgIpc) is 3.78. The second-order valence-corrected chi connectivity index (χ2v) is 13.4. The first-order chi connectivity index (χ1) is 24.3. The number of hydrogen-bond donors (Lipinski definition) is 0. The predicted octanol–water partition coefficient (Wildman–Crippen LogP) is 13.3. The predicted molar refractivity (Wildman–Crippen MR) is 207 cm³/mol. The Morgan fingerprint density at radius 2 is 1.16 bits per heavy atom. The maximum absolute atomic E-state index is 6.74. The van der Waals surface area contributed by atoms with Crippen LogP contribution in [0.1, 0.15) is 0 Å². The highest BCUT2D eigenvalue weighted by Gasteiger charge is 2.21. The molecule has 0 aliphatic carbocycles. The molecule has 0 atom stereocenters. The number of anilines is 3. The minimum absolute atomic E-state index is 0.597. The molecule has 10 aromatic rings. The number of rotatable bonds is 5. The number of fused-ring (bicyclic) bond motifs is 8. The highest BCUT2D eigenvalue weighted by molar-refractivity contribution is 7.26. The van der Waals surface area contributed by atoms with Crippen LogP contribution in [0.4, 0.5) is 17.1 Å². The summed E-state index contributed by atoms with van der Waals surface area (Å²) in [5, 5.41) is 7.20. The van der Waals surface area contributed by atoms with Crippen LogP contribution in [0.5, 0.6) is 0 Å². The van der Waals surface area contributed by atoms with Gasteiger partial charge in [0.15, 0.2) is 5.58 Å². The molecule has 8 aromatic carbocycles. The molecule has 0 spiro atoms. The third-order valence-corrected chi connectivity index (χ3v) is 10.7. The zero-order chi connectivity index (χ0) is 32.3. The third-order valence-electron chi connectivity index (χ3n) is 9.49. The molecule has 4 heteroatoms. The fraction of sp³-hybridized carbons (Fsp3) is 0. The first kappa shape index (κ1) is 27.8. The summed E-state index contributed by atoms with van der Waals surface area (Å²) in [5.74, 6) is 0.597. The Balaban J connectivity index is 1.12. The molecular weight excluding hydrogens is 617 g/mol. The topological polar surface area (TPSA) is 29.3 Å². The molecule has 2 heterocycles. The van der Waals surface area contributed by atoms with Crippen LogP contribution < -0.4 is 4.90 Å². The lowest BCUT2D eigenvalue weighted by Gasteiger charge is -2.27. The molecule has 0 aliphatic heterocycles. The molecule has 0 N–H and O–H groups in total. The zero-order valence-electron chi connectivity index (χ0n) is 26.4. The van der Waals surface area contributed by atoms with Gasteiger partial charge >= 0.3 is 0 Å². The number of hydrogen-bond acceptors (Lipinski definition) is 4. The van der Waals surface area contributed by atoms with Crippen molar-refractivity contribution in [2.45, 2.75) is 0 Å². The van der Waals surface area contributed by atoms with Gasteiger partial charge < -0.3 is 9.32 Å². The molecular formula is C45H28N2OS. The van der Waals surface area contributed by atoms with Gasteiger partial charge in [-0.3, -0.25) is 0 Å². The number of thiophene rings is 1. The summed E-state index contributed by atoms with van der Waals surface area (Å²) in [4.78, 5) is 7.37. The van der Waals surface area contributed by atoms with E-state index < -0.39 is 0 Å². The Bertz CT molecular complexity index is 2830. The highest BCUT2D eigenvalue weighted by Crippen LogP contribution is 2.44. The van der Waals surface area contributed by atoms with Crippen molar-refractivity contribution in [3.63, 3.8) is 0 Å². The Labute approximate surface area is 286 Å². The van der Waals surface area contributed by atoms with E-state index in [2.05, 4.69) is 175 Å². The molecule has 0 amide bonds. The van der Waals surface area contributed by atoms with Crippen LogP contribution in [-0.4, -0.2) is 4.98 Å². The summed E-state index contributed by atoms with van der Waals surface area (Å²) in [6.07, 6.45) is 0. The van der Waals surface area contributed by atoms with Gasteiger partial charge in [0.25, 0.3) is 0 Å². The lowest BCUT2D eigenvalue weighted by atomic mass is 10.0. The minimum atomic E-state index is 0.597. The van der Waals surface area contributed by atoms with Crippen molar-refractivity contribution in [1.29, 1.82) is 0 Å². The summed E-state index contributed by atoms with van der Waals surface area (Å²) in [6, 6.07) is 60.1. The van der Waals surface area contributed by atoms with Crippen molar-refractivity contribution in [3.8, 4) is 22.6 Å². The fourth-order valence-electron chi connectivity index (χ4n) is 7.21. The standard InChI is InChI=1S/C45H28N2OS/c1-2-12-32(13-3-1)47(33-26-23-30(24-27-33)35-17-10-18-37-36-15-7-9-20-41(36)49-44(35)37)40-19-8-6-16-38(40)45-46-39-28-25-31-22-21-29-11-4-5-14-34(29)42(31)43(39)48-45/h1-28H. The second-order valence-electron chi connectivity index (χ2n) is 12.3. The van der Waals surface area contributed by atoms with Gasteiger partial charge in [0.05, 0.1) is 11.3 Å². The van der Waals surface area contributed by atoms with Gasteiger partial charge in [-0.1, -0.05) is 121 Å². The summed E-state index contributed by atoms with van der Waals surface area (Å²) in [5.41, 5.74) is 8.14. The molecule has 0 fully saturated rings. The molecule has 0 unspecified atom stereocenters. The molecule has 49 heavy (non-hydrogen) atoms. The monoisotopic (exact) mass is 644 g/mol. The van der Waals surface area contributed by atoms with E-state index in [4.69, 9.17) is 9.40 Å². The molecule has 10 rings (SSSR count). The van der Waals surface area contributed by atoms with Gasteiger partial charge in [-0.2, -0.15) is 0 Å². The highest BCUT2D eigenvalue weighted by atomic mass is 32.1. The van der Waals surface area contributed by atoms with Crippen LogP contribution in [0.15, 0.2) is 174 Å². The average molecular weight is 645 g/mol. The third kappa shape index (κ3) is 4.53. The SMILES string of the molecule is c1ccc(N(c2ccc(-c3cccc4c3sc3ccccc34)cc2)c2ccccc2-c2nc3ccc4ccc5ccccc5c4c3o2)cc1. The summed E-state index contributed by atoms with van der Waals surface area (Å²) >= 11 is 1.86. The van der Waals surface area contributed by atoms with Gasteiger partial charge in [0, 0.05) is 36.9 Å². The van der Waals surface area contributed by atoms with Crippen LogP contribution in [0.2, 0.25) is 0 Å². The first-order valence-corrected chi connectivity index (χ1v) is 17.3. The van der Waals surface area contributed by atoms with Gasteiger partial charge in [-0.25, -0.2) is 4.98 Å². The van der Waals surface area contributed by atoms with E-state index in [9.17, 15) is 0 Å². The smallest absolute Gasteiger partial charge is 0.229 e. The van der Waals surface area contributed by atoms with Crippen molar-refractivity contribution in [3.05, 3.63) is 170 Å². The number of para-hydroxylation sites is 2. The lowest BCUT2D eigenvalue weighted by molar-refractivity contribution is 0.623. The molecule has 0 aliphatic rings. The normalized spacial score (nSPS) is 11.7. The van der Waals surface area contributed by atoms with Gasteiger partial charge in [0.2, 0.25) is 5.89 Å². The van der Waals surface area contributed by atoms with Gasteiger partial charge in [-0.05, 0) is 75.8 Å². The van der Waals surface area contributed by atoms with Gasteiger partial charge in [0.1, 0.15) is 5.52 Å². The summed E-state index contributed by atoms with van der Waals surface area (Å²) < 4.78 is 9.38. The van der Waals surface area contributed by atoms with Crippen molar-refractivity contribution >= 4 is 81.2 Å². The fourth-order valence-corrected chi connectivity index (χ4v) is 8.45. The van der Waals surface area contributed by atoms with Crippen molar-refractivity contribution in [2.24, 2.45) is 0 Å². The zero-order valence-corrected chi connectivity index (χ0v) is 27.2. The van der Waals surface area contributed by atoms with Crippen molar-refractivity contribution in [2.75, 3.05) is 4.90 Å². The Morgan fingerprint density at radius 3 is 2.06 bits per heavy atom. The van der Waals surface area contributed by atoms with Crippen molar-refractivity contribution in [1.82, 2.24) is 4.98 Å². The molecule has 0 bridgehead atoms. The number of nitrogens with zero attached hydrogens (tertiary/aromatic N) is 2. The van der Waals surface area contributed by atoms with E-state index in [1.165, 1.54) is 42.1 Å². The van der Waals surface area contributed by atoms with E-state index in [0.717, 1.165) is 44.5 Å². The largest absolute Gasteiger partial charge is 0.435 e. The Kier molecular flexibility index (Phi) is 6.36. The van der Waals surface area contributed by atoms with Crippen LogP contribution in [0.3, 0.4) is 0 Å². The molecule has 0 saturated carbocycles. The number of aromatic nitrogens is 1. The molecule has 0 radical (unpaired) electrons. The number of oxazole rings is 1. The Hall–Kier alpha value is -6.23. The van der Waals surface area contributed by atoms with E-state index in [1.807, 2.05) is 11.3 Å². The summed E-state index contributed by atoms with van der Waals surface area (Å²) in [6.45, 7) is 0. The molecule has 230 valence electrons. The van der Waals surface area contributed by atoms with Crippen LogP contribution in [0, 0.1) is 0 Å². The van der Waals surface area contributed by atoms with Crippen molar-refractivity contribution < 1.29 is 4.42 Å². The number of benzene rings is 8. The van der Waals surface area contributed by atoms with Crippen LogP contribution in [-0.2, 0) is 0 Å². The first-order valence-electron chi connectivity index (χ1n) is 16.5. The maximum atomic E-state index is 6.74. The van der Waals surface area contributed by atoms with E-state index in [-0.39, 0.29) is 0 Å². The molecule has 2 aromatic heterocycles. The van der Waals surface area contributed by atoms with Crippen LogP contribution >= 0.6 is 11.3 Å². The second kappa shape index (κ2) is 11.2. The minimum Gasteiger partial charge on any atom is -0.435 e. The van der Waals surface area contributed by atoms with E-state index >= 15 is 0 Å². The summed E-state index contributed by atoms with van der Waals surface area (Å²) in [7, 11) is 0. The maximum Gasteiger partial charge on any atom is 0.229 e. The van der Waals surface area contributed by atoms with E-state index in [1.54, 1.807) is 0 Å². The molecule has 0 saturated heterocycles. The Morgan fingerprint density at radius 1 is 0.490 bits per heavy atom.